The topological polar surface area (TPSA) is 84.3 Å². The third kappa shape index (κ3) is 3.84. The van der Waals surface area contributed by atoms with Gasteiger partial charge in [-0.05, 0) is 20.0 Å². The first-order valence-electron chi connectivity index (χ1n) is 5.24. The number of nitro benzene ring substituents is 1. The maximum atomic E-state index is 11.4. The van der Waals surface area contributed by atoms with Gasteiger partial charge in [0.25, 0.3) is 5.69 Å². The molecule has 0 spiro atoms. The molecule has 0 aliphatic rings. The van der Waals surface area contributed by atoms with E-state index >= 15 is 0 Å². The molecular weight excluding hydrogens is 222 g/mol. The third-order valence-corrected chi connectivity index (χ3v) is 2.29. The first kappa shape index (κ1) is 13.1. The number of anilines is 1. The maximum absolute atomic E-state index is 11.4. The molecule has 0 fully saturated rings. The predicted octanol–water partition coefficient (Wildman–Crippen LogP) is 1.45. The number of nitrogens with zero attached hydrogens (tertiary/aromatic N) is 1. The van der Waals surface area contributed by atoms with Crippen LogP contribution in [0.5, 0.6) is 0 Å². The van der Waals surface area contributed by atoms with Crippen LogP contribution in [-0.4, -0.2) is 24.4 Å². The van der Waals surface area contributed by atoms with Gasteiger partial charge in [-0.15, -0.1) is 0 Å². The molecule has 6 nitrogen and oxygen atoms in total. The van der Waals surface area contributed by atoms with Gasteiger partial charge in [0.2, 0.25) is 5.91 Å². The van der Waals surface area contributed by atoms with Crippen LogP contribution < -0.4 is 10.6 Å². The highest BCUT2D eigenvalue weighted by Gasteiger charge is 2.11. The van der Waals surface area contributed by atoms with Gasteiger partial charge < -0.3 is 10.6 Å². The van der Waals surface area contributed by atoms with Crippen molar-refractivity contribution in [3.63, 3.8) is 0 Å². The van der Waals surface area contributed by atoms with E-state index in [4.69, 9.17) is 0 Å². The molecule has 0 atom stereocenters. The summed E-state index contributed by atoms with van der Waals surface area (Å²) in [4.78, 5) is 21.7. The quantitative estimate of drug-likeness (QED) is 0.599. The minimum atomic E-state index is -0.460. The number of carbonyl (C=O) groups is 1. The number of rotatable bonds is 5. The molecule has 1 aromatic rings. The van der Waals surface area contributed by atoms with Crippen LogP contribution in [0.25, 0.3) is 0 Å². The lowest BCUT2D eigenvalue weighted by molar-refractivity contribution is -0.385. The molecule has 0 unspecified atom stereocenters. The monoisotopic (exact) mass is 237 g/mol. The Morgan fingerprint density at radius 2 is 2.18 bits per heavy atom. The Bertz CT molecular complexity index is 432. The Balaban J connectivity index is 2.75. The first-order valence-corrected chi connectivity index (χ1v) is 5.24. The average molecular weight is 237 g/mol. The highest BCUT2D eigenvalue weighted by atomic mass is 16.6. The van der Waals surface area contributed by atoms with E-state index in [2.05, 4.69) is 10.6 Å². The van der Waals surface area contributed by atoms with Crippen LogP contribution in [0.4, 0.5) is 11.4 Å². The highest BCUT2D eigenvalue weighted by Crippen LogP contribution is 2.22. The maximum Gasteiger partial charge on any atom is 0.274 e. The standard InChI is InChI=1S/C11H15N3O3/c1-8-3-4-9(7-10(8)14(16)17)13-11(15)5-6-12-2/h3-4,7,12H,5-6H2,1-2H3,(H,13,15). The predicted molar refractivity (Wildman–Crippen MR) is 65.0 cm³/mol. The van der Waals surface area contributed by atoms with Gasteiger partial charge in [0.05, 0.1) is 4.92 Å². The summed E-state index contributed by atoms with van der Waals surface area (Å²) in [6.45, 7) is 2.23. The molecule has 0 aliphatic carbocycles. The van der Waals surface area contributed by atoms with Crippen LogP contribution in [0, 0.1) is 17.0 Å². The van der Waals surface area contributed by atoms with Crippen molar-refractivity contribution in [1.82, 2.24) is 5.32 Å². The van der Waals surface area contributed by atoms with Gasteiger partial charge in [-0.1, -0.05) is 6.07 Å². The Labute approximate surface area is 99.2 Å². The van der Waals surface area contributed by atoms with E-state index in [1.807, 2.05) is 0 Å². The van der Waals surface area contributed by atoms with Crippen molar-refractivity contribution in [1.29, 1.82) is 0 Å². The van der Waals surface area contributed by atoms with Crippen molar-refractivity contribution in [3.05, 3.63) is 33.9 Å². The highest BCUT2D eigenvalue weighted by molar-refractivity contribution is 5.91. The lowest BCUT2D eigenvalue weighted by Gasteiger charge is -2.05. The van der Waals surface area contributed by atoms with Crippen molar-refractivity contribution in [2.75, 3.05) is 18.9 Å². The number of amides is 1. The van der Waals surface area contributed by atoms with Crippen LogP contribution in [0.3, 0.4) is 0 Å². The lowest BCUT2D eigenvalue weighted by Crippen LogP contribution is -2.18. The zero-order valence-electron chi connectivity index (χ0n) is 9.82. The van der Waals surface area contributed by atoms with Crippen LogP contribution >= 0.6 is 0 Å². The molecule has 0 aliphatic heterocycles. The molecule has 2 N–H and O–H groups in total. The Morgan fingerprint density at radius 3 is 2.76 bits per heavy atom. The summed E-state index contributed by atoms with van der Waals surface area (Å²) in [6, 6.07) is 4.64. The number of nitrogens with one attached hydrogen (secondary N) is 2. The fourth-order valence-electron chi connectivity index (χ4n) is 1.35. The zero-order chi connectivity index (χ0) is 12.8. The van der Waals surface area contributed by atoms with Crippen molar-refractivity contribution in [2.45, 2.75) is 13.3 Å². The van der Waals surface area contributed by atoms with Gasteiger partial charge >= 0.3 is 0 Å². The summed E-state index contributed by atoms with van der Waals surface area (Å²) >= 11 is 0. The smallest absolute Gasteiger partial charge is 0.274 e. The van der Waals surface area contributed by atoms with Crippen molar-refractivity contribution >= 4 is 17.3 Å². The number of hydrogen-bond donors (Lipinski definition) is 2. The van der Waals surface area contributed by atoms with Crippen molar-refractivity contribution in [2.24, 2.45) is 0 Å². The van der Waals surface area contributed by atoms with Gasteiger partial charge in [-0.25, -0.2) is 0 Å². The number of hydrogen-bond acceptors (Lipinski definition) is 4. The molecule has 0 radical (unpaired) electrons. The Morgan fingerprint density at radius 1 is 1.47 bits per heavy atom. The summed E-state index contributed by atoms with van der Waals surface area (Å²) in [5.74, 6) is -0.169. The van der Waals surface area contributed by atoms with Crippen LogP contribution in [0.1, 0.15) is 12.0 Å². The number of benzene rings is 1. The normalized spacial score (nSPS) is 10.0. The second-order valence-electron chi connectivity index (χ2n) is 3.66. The van der Waals surface area contributed by atoms with Gasteiger partial charge in [-0.2, -0.15) is 0 Å². The summed E-state index contributed by atoms with van der Waals surface area (Å²) in [6.07, 6.45) is 0.332. The SMILES string of the molecule is CNCCC(=O)Nc1ccc(C)c([N+](=O)[O-])c1. The molecule has 0 heterocycles. The molecule has 92 valence electrons. The molecular formula is C11H15N3O3. The zero-order valence-corrected chi connectivity index (χ0v) is 9.82. The Kier molecular flexibility index (Phi) is 4.59. The van der Waals surface area contributed by atoms with E-state index in [9.17, 15) is 14.9 Å². The second kappa shape index (κ2) is 5.95. The van der Waals surface area contributed by atoms with E-state index < -0.39 is 4.92 Å². The number of aryl methyl sites for hydroxylation is 1. The summed E-state index contributed by atoms with van der Waals surface area (Å²) in [5.41, 5.74) is 1.03. The van der Waals surface area contributed by atoms with Gasteiger partial charge in [0.15, 0.2) is 0 Å². The molecule has 1 amide bonds. The molecule has 1 rings (SSSR count). The third-order valence-electron chi connectivity index (χ3n) is 2.29. The van der Waals surface area contributed by atoms with Gasteiger partial charge in [-0.3, -0.25) is 14.9 Å². The van der Waals surface area contributed by atoms with Gasteiger partial charge in [0.1, 0.15) is 0 Å². The fourth-order valence-corrected chi connectivity index (χ4v) is 1.35. The van der Waals surface area contributed by atoms with Gasteiger partial charge in [0, 0.05) is 30.3 Å². The largest absolute Gasteiger partial charge is 0.326 e. The minimum absolute atomic E-state index is 0.0106. The van der Waals surface area contributed by atoms with Crippen LogP contribution in [0.15, 0.2) is 18.2 Å². The van der Waals surface area contributed by atoms with E-state index in [1.54, 1.807) is 26.1 Å². The summed E-state index contributed by atoms with van der Waals surface area (Å²) < 4.78 is 0. The fraction of sp³-hybridized carbons (Fsp3) is 0.364. The van der Waals surface area contributed by atoms with E-state index in [1.165, 1.54) is 6.07 Å². The van der Waals surface area contributed by atoms with E-state index in [0.29, 0.717) is 24.2 Å². The molecule has 0 aromatic heterocycles. The van der Waals surface area contributed by atoms with Crippen LogP contribution in [0.2, 0.25) is 0 Å². The molecule has 0 saturated heterocycles. The molecule has 1 aromatic carbocycles. The van der Waals surface area contributed by atoms with Crippen LogP contribution in [-0.2, 0) is 4.79 Å². The number of nitro groups is 1. The van der Waals surface area contributed by atoms with Crippen molar-refractivity contribution in [3.8, 4) is 0 Å². The molecule has 17 heavy (non-hydrogen) atoms. The van der Waals surface area contributed by atoms with E-state index in [-0.39, 0.29) is 11.6 Å². The minimum Gasteiger partial charge on any atom is -0.326 e. The molecule has 6 heteroatoms. The summed E-state index contributed by atoms with van der Waals surface area (Å²) in [7, 11) is 1.75. The molecule has 0 saturated carbocycles. The van der Waals surface area contributed by atoms with Crippen molar-refractivity contribution < 1.29 is 9.72 Å². The number of carbonyl (C=O) groups excluding carboxylic acids is 1. The first-order chi connectivity index (χ1) is 8.04. The van der Waals surface area contributed by atoms with E-state index in [0.717, 1.165) is 0 Å². The lowest BCUT2D eigenvalue weighted by atomic mass is 10.2. The summed E-state index contributed by atoms with van der Waals surface area (Å²) in [5, 5.41) is 16.2. The Hall–Kier alpha value is -1.95. The molecule has 0 bridgehead atoms. The average Bonchev–Trinajstić information content (AvgIpc) is 2.28. The second-order valence-corrected chi connectivity index (χ2v) is 3.66.